The van der Waals surface area contributed by atoms with Gasteiger partial charge in [-0.25, -0.2) is 4.98 Å². The molecule has 0 spiro atoms. The third-order valence-corrected chi connectivity index (χ3v) is 2.60. The second-order valence-corrected chi connectivity index (χ2v) is 4.88. The first-order valence-corrected chi connectivity index (χ1v) is 6.31. The van der Waals surface area contributed by atoms with Crippen molar-refractivity contribution < 1.29 is 9.59 Å². The maximum absolute atomic E-state index is 12.0. The molecule has 0 aliphatic heterocycles. The number of halogens is 1. The average Bonchev–Trinajstić information content (AvgIpc) is 2.36. The number of hydrogen-bond acceptors (Lipinski definition) is 4. The molecule has 0 aliphatic rings. The van der Waals surface area contributed by atoms with Gasteiger partial charge in [-0.15, -0.1) is 0 Å². The van der Waals surface area contributed by atoms with Crippen molar-refractivity contribution in [3.63, 3.8) is 0 Å². The highest BCUT2D eigenvalue weighted by Gasteiger charge is 2.22. The van der Waals surface area contributed by atoms with Gasteiger partial charge in [0.05, 0.1) is 12.4 Å². The van der Waals surface area contributed by atoms with E-state index in [-0.39, 0.29) is 22.7 Å². The van der Waals surface area contributed by atoms with Gasteiger partial charge in [0.2, 0.25) is 5.91 Å². The summed E-state index contributed by atoms with van der Waals surface area (Å²) in [6, 6.07) is -0.599. The van der Waals surface area contributed by atoms with Crippen LogP contribution < -0.4 is 10.6 Å². The summed E-state index contributed by atoms with van der Waals surface area (Å²) in [6.07, 6.45) is 3.18. The molecule has 1 aromatic heterocycles. The van der Waals surface area contributed by atoms with E-state index in [1.54, 1.807) is 0 Å². The van der Waals surface area contributed by atoms with Crippen LogP contribution in [0.15, 0.2) is 12.4 Å². The van der Waals surface area contributed by atoms with E-state index in [2.05, 4.69) is 20.6 Å². The molecule has 0 saturated carbocycles. The predicted molar refractivity (Wildman–Crippen MR) is 71.8 cm³/mol. The first-order valence-electron chi connectivity index (χ1n) is 5.94. The van der Waals surface area contributed by atoms with E-state index in [1.165, 1.54) is 19.4 Å². The molecule has 0 radical (unpaired) electrons. The van der Waals surface area contributed by atoms with Crippen molar-refractivity contribution in [2.75, 3.05) is 7.05 Å². The van der Waals surface area contributed by atoms with Gasteiger partial charge >= 0.3 is 0 Å². The van der Waals surface area contributed by atoms with Gasteiger partial charge in [0, 0.05) is 7.05 Å². The number of nitrogens with zero attached hydrogens (tertiary/aromatic N) is 2. The molecule has 6 nitrogen and oxygen atoms in total. The minimum Gasteiger partial charge on any atom is -0.357 e. The summed E-state index contributed by atoms with van der Waals surface area (Å²) in [5, 5.41) is 5.29. The van der Waals surface area contributed by atoms with Gasteiger partial charge in [-0.05, 0) is 12.3 Å². The first kappa shape index (κ1) is 15.4. The summed E-state index contributed by atoms with van der Waals surface area (Å²) in [7, 11) is 1.53. The number of hydrogen-bond donors (Lipinski definition) is 2. The van der Waals surface area contributed by atoms with Crippen molar-refractivity contribution >= 4 is 23.4 Å². The van der Waals surface area contributed by atoms with Crippen LogP contribution >= 0.6 is 11.6 Å². The minimum atomic E-state index is -0.599. The van der Waals surface area contributed by atoms with Crippen LogP contribution in [0.5, 0.6) is 0 Å². The molecule has 104 valence electrons. The molecule has 19 heavy (non-hydrogen) atoms. The zero-order chi connectivity index (χ0) is 14.4. The molecule has 2 N–H and O–H groups in total. The Morgan fingerprint density at radius 2 is 2.05 bits per heavy atom. The molecular formula is C12H17ClN4O2. The summed E-state index contributed by atoms with van der Waals surface area (Å²) in [5.74, 6) is -0.436. The second kappa shape index (κ2) is 7.04. The van der Waals surface area contributed by atoms with Crippen LogP contribution in [0, 0.1) is 5.92 Å². The van der Waals surface area contributed by atoms with E-state index >= 15 is 0 Å². The second-order valence-electron chi connectivity index (χ2n) is 4.50. The lowest BCUT2D eigenvalue weighted by Gasteiger charge is -2.18. The molecule has 1 heterocycles. The number of carbonyl (C=O) groups is 2. The molecule has 0 aromatic carbocycles. The molecule has 2 amide bonds. The number of nitrogens with one attached hydrogen (secondary N) is 2. The van der Waals surface area contributed by atoms with Crippen molar-refractivity contribution in [1.82, 2.24) is 20.6 Å². The quantitative estimate of drug-likeness (QED) is 0.845. The Balaban J connectivity index is 2.78. The van der Waals surface area contributed by atoms with Gasteiger partial charge in [-0.3, -0.25) is 14.6 Å². The molecule has 7 heteroatoms. The summed E-state index contributed by atoms with van der Waals surface area (Å²) >= 11 is 5.67. The summed E-state index contributed by atoms with van der Waals surface area (Å²) in [5.41, 5.74) is 0.0881. The van der Waals surface area contributed by atoms with Crippen LogP contribution in [0.1, 0.15) is 30.8 Å². The highest BCUT2D eigenvalue weighted by atomic mass is 35.5. The van der Waals surface area contributed by atoms with Crippen LogP contribution in [-0.2, 0) is 4.79 Å². The van der Waals surface area contributed by atoms with E-state index in [0.717, 1.165) is 0 Å². The molecule has 1 unspecified atom stereocenters. The smallest absolute Gasteiger partial charge is 0.272 e. The largest absolute Gasteiger partial charge is 0.357 e. The van der Waals surface area contributed by atoms with Crippen molar-refractivity contribution in [3.8, 4) is 0 Å². The van der Waals surface area contributed by atoms with Gasteiger partial charge in [0.25, 0.3) is 5.91 Å². The zero-order valence-electron chi connectivity index (χ0n) is 11.1. The predicted octanol–water partition coefficient (Wildman–Crippen LogP) is 1.02. The Morgan fingerprint density at radius 3 is 2.58 bits per heavy atom. The summed E-state index contributed by atoms with van der Waals surface area (Å²) in [4.78, 5) is 31.3. The van der Waals surface area contributed by atoms with Gasteiger partial charge in [0.15, 0.2) is 0 Å². The molecule has 1 aromatic rings. The average molecular weight is 285 g/mol. The Morgan fingerprint density at radius 1 is 1.37 bits per heavy atom. The topological polar surface area (TPSA) is 84.0 Å². The van der Waals surface area contributed by atoms with Crippen LogP contribution in [0.25, 0.3) is 0 Å². The standard InChI is InChI=1S/C12H17ClN4O2/c1-7(2)4-8(11(18)14-3)17-12(19)9-5-15-6-10(13)16-9/h5-8H,4H2,1-3H3,(H,14,18)(H,17,19). The molecule has 0 fully saturated rings. The number of likely N-dealkylation sites (N-methyl/N-ethyl adjacent to an activating group) is 1. The normalized spacial score (nSPS) is 12.1. The van der Waals surface area contributed by atoms with Crippen molar-refractivity contribution in [2.24, 2.45) is 5.92 Å². The SMILES string of the molecule is CNC(=O)C(CC(C)C)NC(=O)c1cncc(Cl)n1. The van der Waals surface area contributed by atoms with E-state index in [0.29, 0.717) is 6.42 Å². The molecular weight excluding hydrogens is 268 g/mol. The van der Waals surface area contributed by atoms with E-state index in [4.69, 9.17) is 11.6 Å². The molecule has 0 aliphatic carbocycles. The minimum absolute atomic E-state index is 0.0881. The first-order chi connectivity index (χ1) is 8.93. The monoisotopic (exact) mass is 284 g/mol. The Bertz CT molecular complexity index is 465. The lowest BCUT2D eigenvalue weighted by Crippen LogP contribution is -2.46. The summed E-state index contributed by atoms with van der Waals surface area (Å²) < 4.78 is 0. The maximum Gasteiger partial charge on any atom is 0.272 e. The van der Waals surface area contributed by atoms with E-state index in [9.17, 15) is 9.59 Å². The third kappa shape index (κ3) is 4.82. The van der Waals surface area contributed by atoms with Crippen LogP contribution in [0.2, 0.25) is 5.15 Å². The fraction of sp³-hybridized carbons (Fsp3) is 0.500. The van der Waals surface area contributed by atoms with Gasteiger partial charge in [0.1, 0.15) is 16.9 Å². The molecule has 1 atom stereocenters. The van der Waals surface area contributed by atoms with Crippen LogP contribution in [0.4, 0.5) is 0 Å². The highest BCUT2D eigenvalue weighted by Crippen LogP contribution is 2.07. The Kier molecular flexibility index (Phi) is 5.69. The lowest BCUT2D eigenvalue weighted by atomic mass is 10.0. The van der Waals surface area contributed by atoms with Crippen molar-refractivity contribution in [1.29, 1.82) is 0 Å². The Labute approximate surface area is 117 Å². The fourth-order valence-electron chi connectivity index (χ4n) is 1.56. The highest BCUT2D eigenvalue weighted by molar-refractivity contribution is 6.29. The van der Waals surface area contributed by atoms with E-state index < -0.39 is 11.9 Å². The number of carbonyl (C=O) groups excluding carboxylic acids is 2. The molecule has 0 saturated heterocycles. The number of amides is 2. The zero-order valence-corrected chi connectivity index (χ0v) is 11.9. The lowest BCUT2D eigenvalue weighted by molar-refractivity contribution is -0.122. The number of aromatic nitrogens is 2. The molecule has 1 rings (SSSR count). The third-order valence-electron chi connectivity index (χ3n) is 2.41. The maximum atomic E-state index is 12.0. The van der Waals surface area contributed by atoms with E-state index in [1.807, 2.05) is 13.8 Å². The van der Waals surface area contributed by atoms with Crippen molar-refractivity contribution in [2.45, 2.75) is 26.3 Å². The van der Waals surface area contributed by atoms with Gasteiger partial charge in [-0.1, -0.05) is 25.4 Å². The van der Waals surface area contributed by atoms with Crippen LogP contribution in [0.3, 0.4) is 0 Å². The van der Waals surface area contributed by atoms with Gasteiger partial charge < -0.3 is 10.6 Å². The summed E-state index contributed by atoms with van der Waals surface area (Å²) in [6.45, 7) is 3.95. The number of rotatable bonds is 5. The fourth-order valence-corrected chi connectivity index (χ4v) is 1.71. The molecule has 0 bridgehead atoms. The van der Waals surface area contributed by atoms with Crippen molar-refractivity contribution in [3.05, 3.63) is 23.2 Å². The Hall–Kier alpha value is -1.69. The van der Waals surface area contributed by atoms with Gasteiger partial charge in [-0.2, -0.15) is 0 Å². The van der Waals surface area contributed by atoms with Crippen LogP contribution in [-0.4, -0.2) is 34.9 Å².